The molecule has 0 aromatic heterocycles. The standard InChI is InChI=1S/C15H21BrN2O2/c1-10(17)5-6-11-7-8-12(16)13(9-11)18-14(19)20-15(2,3)4/h5-10H,17H2,1-4H3,(H,18,19)/b6-5+. The third-order valence-corrected chi connectivity index (χ3v) is 2.91. The molecular formula is C15H21BrN2O2. The third kappa shape index (κ3) is 6.21. The molecule has 0 aliphatic heterocycles. The summed E-state index contributed by atoms with van der Waals surface area (Å²) in [5, 5.41) is 2.72. The van der Waals surface area contributed by atoms with Gasteiger partial charge in [0.25, 0.3) is 0 Å². The van der Waals surface area contributed by atoms with Gasteiger partial charge in [0.1, 0.15) is 5.60 Å². The quantitative estimate of drug-likeness (QED) is 0.868. The summed E-state index contributed by atoms with van der Waals surface area (Å²) in [6.45, 7) is 7.37. The Morgan fingerprint density at radius 3 is 2.65 bits per heavy atom. The van der Waals surface area contributed by atoms with E-state index in [0.717, 1.165) is 10.0 Å². The fourth-order valence-electron chi connectivity index (χ4n) is 1.42. The molecule has 1 aromatic carbocycles. The molecule has 4 nitrogen and oxygen atoms in total. The first kappa shape index (κ1) is 16.7. The number of rotatable bonds is 3. The number of ether oxygens (including phenoxy) is 1. The van der Waals surface area contributed by atoms with Crippen LogP contribution in [0.15, 0.2) is 28.7 Å². The molecule has 0 aliphatic carbocycles. The number of benzene rings is 1. The lowest BCUT2D eigenvalue weighted by atomic mass is 10.1. The number of carbonyl (C=O) groups excluding carboxylic acids is 1. The van der Waals surface area contributed by atoms with Crippen LogP contribution in [0.5, 0.6) is 0 Å². The Hall–Kier alpha value is -1.33. The maximum Gasteiger partial charge on any atom is 0.412 e. The van der Waals surface area contributed by atoms with Crippen LogP contribution in [0.3, 0.4) is 0 Å². The van der Waals surface area contributed by atoms with Crippen molar-refractivity contribution in [3.05, 3.63) is 34.3 Å². The summed E-state index contributed by atoms with van der Waals surface area (Å²) < 4.78 is 6.02. The molecule has 0 radical (unpaired) electrons. The number of carbonyl (C=O) groups is 1. The van der Waals surface area contributed by atoms with Crippen LogP contribution in [0.1, 0.15) is 33.3 Å². The molecule has 1 aromatic rings. The van der Waals surface area contributed by atoms with E-state index in [4.69, 9.17) is 10.5 Å². The zero-order valence-electron chi connectivity index (χ0n) is 12.2. The van der Waals surface area contributed by atoms with Crippen LogP contribution in [0, 0.1) is 0 Å². The predicted octanol–water partition coefficient (Wildman–Crippen LogP) is 4.16. The first-order valence-corrected chi connectivity index (χ1v) is 7.20. The van der Waals surface area contributed by atoms with Crippen LogP contribution in [0.2, 0.25) is 0 Å². The van der Waals surface area contributed by atoms with Gasteiger partial charge in [-0.25, -0.2) is 4.79 Å². The van der Waals surface area contributed by atoms with Crippen LogP contribution in [-0.2, 0) is 4.74 Å². The monoisotopic (exact) mass is 340 g/mol. The second-order valence-electron chi connectivity index (χ2n) is 5.58. The maximum absolute atomic E-state index is 11.8. The predicted molar refractivity (Wildman–Crippen MR) is 86.7 cm³/mol. The number of amides is 1. The third-order valence-electron chi connectivity index (χ3n) is 2.22. The van der Waals surface area contributed by atoms with Crippen LogP contribution < -0.4 is 11.1 Å². The van der Waals surface area contributed by atoms with Crippen molar-refractivity contribution in [1.29, 1.82) is 0 Å². The smallest absolute Gasteiger partial charge is 0.412 e. The second kappa shape index (κ2) is 6.90. The normalized spacial score (nSPS) is 13.3. The van der Waals surface area contributed by atoms with E-state index in [1.807, 2.05) is 58.0 Å². The number of hydrogen-bond donors (Lipinski definition) is 2. The molecule has 0 spiro atoms. The van der Waals surface area contributed by atoms with E-state index in [9.17, 15) is 4.79 Å². The highest BCUT2D eigenvalue weighted by molar-refractivity contribution is 9.10. The zero-order chi connectivity index (χ0) is 15.3. The minimum Gasteiger partial charge on any atom is -0.444 e. The largest absolute Gasteiger partial charge is 0.444 e. The summed E-state index contributed by atoms with van der Waals surface area (Å²) >= 11 is 3.40. The lowest BCUT2D eigenvalue weighted by molar-refractivity contribution is 0.0636. The van der Waals surface area contributed by atoms with Crippen molar-refractivity contribution in [2.45, 2.75) is 39.3 Å². The minimum absolute atomic E-state index is 0.0130. The van der Waals surface area contributed by atoms with Crippen molar-refractivity contribution in [2.24, 2.45) is 5.73 Å². The van der Waals surface area contributed by atoms with Gasteiger partial charge in [0.15, 0.2) is 0 Å². The number of nitrogens with one attached hydrogen (secondary N) is 1. The molecule has 5 heteroatoms. The Labute approximate surface area is 128 Å². The van der Waals surface area contributed by atoms with Gasteiger partial charge in [0, 0.05) is 10.5 Å². The zero-order valence-corrected chi connectivity index (χ0v) is 13.8. The summed E-state index contributed by atoms with van der Waals surface area (Å²) in [7, 11) is 0. The molecule has 0 saturated heterocycles. The lowest BCUT2D eigenvalue weighted by Crippen LogP contribution is -2.27. The molecule has 0 saturated carbocycles. The van der Waals surface area contributed by atoms with E-state index in [1.165, 1.54) is 0 Å². The van der Waals surface area contributed by atoms with E-state index >= 15 is 0 Å². The van der Waals surface area contributed by atoms with E-state index in [0.29, 0.717) is 5.69 Å². The average molecular weight is 341 g/mol. The summed E-state index contributed by atoms with van der Waals surface area (Å²) in [5.41, 5.74) is 6.76. The molecule has 3 N–H and O–H groups in total. The molecule has 110 valence electrons. The van der Waals surface area contributed by atoms with Gasteiger partial charge in [-0.1, -0.05) is 18.2 Å². The summed E-state index contributed by atoms with van der Waals surface area (Å²) in [5.74, 6) is 0. The van der Waals surface area contributed by atoms with Crippen molar-refractivity contribution in [1.82, 2.24) is 0 Å². The van der Waals surface area contributed by atoms with Crippen molar-refractivity contribution in [3.8, 4) is 0 Å². The van der Waals surface area contributed by atoms with Gasteiger partial charge in [-0.15, -0.1) is 0 Å². The highest BCUT2D eigenvalue weighted by Gasteiger charge is 2.16. The van der Waals surface area contributed by atoms with Gasteiger partial charge in [-0.05, 0) is 61.3 Å². The molecular weight excluding hydrogens is 320 g/mol. The molecule has 1 atom stereocenters. The van der Waals surface area contributed by atoms with Gasteiger partial charge in [0.2, 0.25) is 0 Å². The summed E-state index contributed by atoms with van der Waals surface area (Å²) in [4.78, 5) is 11.8. The van der Waals surface area contributed by atoms with Gasteiger partial charge in [-0.2, -0.15) is 0 Å². The van der Waals surface area contributed by atoms with E-state index in [1.54, 1.807) is 0 Å². The van der Waals surface area contributed by atoms with Crippen molar-refractivity contribution in [2.75, 3.05) is 5.32 Å². The Morgan fingerprint density at radius 2 is 2.10 bits per heavy atom. The van der Waals surface area contributed by atoms with Crippen LogP contribution in [-0.4, -0.2) is 17.7 Å². The molecule has 1 unspecified atom stereocenters. The van der Waals surface area contributed by atoms with Crippen molar-refractivity contribution in [3.63, 3.8) is 0 Å². The van der Waals surface area contributed by atoms with Gasteiger partial charge < -0.3 is 10.5 Å². The van der Waals surface area contributed by atoms with Crippen LogP contribution >= 0.6 is 15.9 Å². The van der Waals surface area contributed by atoms with E-state index in [2.05, 4.69) is 21.2 Å². The molecule has 0 aliphatic rings. The average Bonchev–Trinajstić information content (AvgIpc) is 2.27. The Balaban J connectivity index is 2.84. The fraction of sp³-hybridized carbons (Fsp3) is 0.400. The molecule has 1 rings (SSSR count). The number of nitrogens with two attached hydrogens (primary N) is 1. The Morgan fingerprint density at radius 1 is 1.45 bits per heavy atom. The van der Waals surface area contributed by atoms with Crippen LogP contribution in [0.25, 0.3) is 6.08 Å². The maximum atomic E-state index is 11.8. The topological polar surface area (TPSA) is 64.3 Å². The van der Waals surface area contributed by atoms with Crippen molar-refractivity contribution >= 4 is 33.8 Å². The molecule has 1 amide bonds. The van der Waals surface area contributed by atoms with Crippen molar-refractivity contribution < 1.29 is 9.53 Å². The second-order valence-corrected chi connectivity index (χ2v) is 6.44. The van der Waals surface area contributed by atoms with E-state index < -0.39 is 11.7 Å². The van der Waals surface area contributed by atoms with Crippen LogP contribution in [0.4, 0.5) is 10.5 Å². The summed E-state index contributed by atoms with van der Waals surface area (Å²) in [6.07, 6.45) is 3.32. The Kier molecular flexibility index (Phi) is 5.77. The van der Waals surface area contributed by atoms with Gasteiger partial charge >= 0.3 is 6.09 Å². The number of anilines is 1. The first-order chi connectivity index (χ1) is 9.17. The lowest BCUT2D eigenvalue weighted by Gasteiger charge is -2.20. The first-order valence-electron chi connectivity index (χ1n) is 6.41. The minimum atomic E-state index is -0.525. The Bertz CT molecular complexity index is 505. The molecule has 0 heterocycles. The highest BCUT2D eigenvalue weighted by Crippen LogP contribution is 2.25. The summed E-state index contributed by atoms with van der Waals surface area (Å²) in [6, 6.07) is 5.64. The number of hydrogen-bond acceptors (Lipinski definition) is 3. The molecule has 0 bridgehead atoms. The fourth-order valence-corrected chi connectivity index (χ4v) is 1.76. The molecule has 0 fully saturated rings. The highest BCUT2D eigenvalue weighted by atomic mass is 79.9. The van der Waals surface area contributed by atoms with Gasteiger partial charge in [0.05, 0.1) is 5.69 Å². The number of halogens is 1. The SMILES string of the molecule is CC(N)/C=C/c1ccc(Br)c(NC(=O)OC(C)(C)C)c1. The van der Waals surface area contributed by atoms with E-state index in [-0.39, 0.29) is 6.04 Å². The van der Waals surface area contributed by atoms with Gasteiger partial charge in [-0.3, -0.25) is 5.32 Å². The molecule has 20 heavy (non-hydrogen) atoms.